The summed E-state index contributed by atoms with van der Waals surface area (Å²) in [7, 11) is 3.15. The predicted molar refractivity (Wildman–Crippen MR) is 183 cm³/mol. The number of unbranched alkanes of at least 4 members (excludes halogenated alkanes) is 1. The van der Waals surface area contributed by atoms with E-state index in [4.69, 9.17) is 0 Å². The number of Topliss-reactive ketones (excluding diaryl/α,β-unsaturated/α-hetero) is 5. The number of rotatable bonds is 28. The van der Waals surface area contributed by atoms with Crippen LogP contribution in [0.5, 0.6) is 0 Å². The molecule has 15 heteroatoms. The lowest BCUT2D eigenvalue weighted by molar-refractivity contribution is -0.131. The van der Waals surface area contributed by atoms with E-state index in [0.717, 1.165) is 0 Å². The Labute approximate surface area is 290 Å². The average Bonchev–Trinajstić information content (AvgIpc) is 3.00. The second kappa shape index (κ2) is 25.2. The zero-order valence-corrected chi connectivity index (χ0v) is 30.3. The Kier molecular flexibility index (Phi) is 23.2. The predicted octanol–water partition coefficient (Wildman–Crippen LogP) is 0.359. The maximum absolute atomic E-state index is 13.3. The molecule has 0 rings (SSSR count). The first kappa shape index (κ1) is 45.2. The molecule has 0 aromatic carbocycles. The smallest absolute Gasteiger partial charge is 0.242 e. The van der Waals surface area contributed by atoms with Crippen molar-refractivity contribution in [3.63, 3.8) is 0 Å². The van der Waals surface area contributed by atoms with Crippen LogP contribution in [0.4, 0.5) is 0 Å². The molecular weight excluding hydrogens is 636 g/mol. The van der Waals surface area contributed by atoms with Crippen molar-refractivity contribution in [2.24, 2.45) is 0 Å². The summed E-state index contributed by atoms with van der Waals surface area (Å²) in [6.45, 7) is 7.26. The molecule has 49 heavy (non-hydrogen) atoms. The SMILES string of the molecule is CNC(CCC(C)=O)C(=O)NC(CCC(C)=O)C(=O)NCCCCC(CC(C)=O)NC(=O)C(CCC(C)=O)NC(=O)C(CCC(C)=O)NC. The van der Waals surface area contributed by atoms with Gasteiger partial charge in [0.05, 0.1) is 12.1 Å². The molecule has 0 spiro atoms. The van der Waals surface area contributed by atoms with Crippen molar-refractivity contribution in [1.82, 2.24) is 31.9 Å². The van der Waals surface area contributed by atoms with Gasteiger partial charge in [0.2, 0.25) is 23.6 Å². The molecule has 5 atom stereocenters. The van der Waals surface area contributed by atoms with Crippen LogP contribution in [0.25, 0.3) is 0 Å². The first-order valence-electron chi connectivity index (χ1n) is 17.0. The highest BCUT2D eigenvalue weighted by atomic mass is 16.2. The molecule has 278 valence electrons. The van der Waals surface area contributed by atoms with Crippen LogP contribution in [0.15, 0.2) is 0 Å². The third-order valence-electron chi connectivity index (χ3n) is 7.89. The topological polar surface area (TPSA) is 226 Å². The van der Waals surface area contributed by atoms with E-state index in [2.05, 4.69) is 31.9 Å². The highest BCUT2D eigenvalue weighted by Gasteiger charge is 2.28. The maximum atomic E-state index is 13.3. The molecule has 0 bridgehead atoms. The van der Waals surface area contributed by atoms with Gasteiger partial charge in [-0.2, -0.15) is 0 Å². The minimum atomic E-state index is -1.04. The van der Waals surface area contributed by atoms with Crippen molar-refractivity contribution in [3.8, 4) is 0 Å². The number of ketones is 5. The number of likely N-dealkylation sites (N-methyl/N-ethyl adjacent to an activating group) is 2. The van der Waals surface area contributed by atoms with Crippen molar-refractivity contribution in [3.05, 3.63) is 0 Å². The van der Waals surface area contributed by atoms with Crippen LogP contribution in [0.3, 0.4) is 0 Å². The molecule has 6 N–H and O–H groups in total. The van der Waals surface area contributed by atoms with Crippen LogP contribution >= 0.6 is 0 Å². The Balaban J connectivity index is 5.34. The Morgan fingerprint density at radius 3 is 1.16 bits per heavy atom. The van der Waals surface area contributed by atoms with Gasteiger partial charge < -0.3 is 51.1 Å². The summed E-state index contributed by atoms with van der Waals surface area (Å²) < 4.78 is 0. The quantitative estimate of drug-likeness (QED) is 0.0613. The van der Waals surface area contributed by atoms with Crippen LogP contribution in [-0.4, -0.2) is 103 Å². The largest absolute Gasteiger partial charge is 0.354 e. The highest BCUT2D eigenvalue weighted by Crippen LogP contribution is 2.09. The van der Waals surface area contributed by atoms with E-state index in [-0.39, 0.29) is 93.2 Å². The number of hydrogen-bond donors (Lipinski definition) is 6. The second-order valence-electron chi connectivity index (χ2n) is 12.7. The van der Waals surface area contributed by atoms with E-state index < -0.39 is 53.8 Å². The van der Waals surface area contributed by atoms with E-state index in [1.165, 1.54) is 34.6 Å². The average molecular weight is 695 g/mol. The van der Waals surface area contributed by atoms with Gasteiger partial charge in [-0.25, -0.2) is 0 Å². The number of amides is 4. The van der Waals surface area contributed by atoms with E-state index in [1.807, 2.05) is 0 Å². The third kappa shape index (κ3) is 21.7. The number of carbonyl (C=O) groups excluding carboxylic acids is 9. The molecule has 15 nitrogen and oxygen atoms in total. The molecular formula is C34H58N6O9. The van der Waals surface area contributed by atoms with Gasteiger partial charge in [-0.05, 0) is 93.7 Å². The molecule has 0 aromatic heterocycles. The van der Waals surface area contributed by atoms with Crippen molar-refractivity contribution in [2.75, 3.05) is 20.6 Å². The maximum Gasteiger partial charge on any atom is 0.242 e. The van der Waals surface area contributed by atoms with Gasteiger partial charge in [0.1, 0.15) is 41.0 Å². The third-order valence-corrected chi connectivity index (χ3v) is 7.89. The lowest BCUT2D eigenvalue weighted by atomic mass is 10.0. The fourth-order valence-electron chi connectivity index (χ4n) is 5.01. The minimum Gasteiger partial charge on any atom is -0.354 e. The van der Waals surface area contributed by atoms with Crippen LogP contribution in [0.2, 0.25) is 0 Å². The zero-order valence-electron chi connectivity index (χ0n) is 30.3. The number of carbonyl (C=O) groups is 9. The molecule has 0 fully saturated rings. The fraction of sp³-hybridized carbons (Fsp3) is 0.735. The fourth-order valence-corrected chi connectivity index (χ4v) is 5.01. The lowest BCUT2D eigenvalue weighted by Gasteiger charge is -2.25. The first-order chi connectivity index (χ1) is 23.0. The Morgan fingerprint density at radius 1 is 0.429 bits per heavy atom. The Morgan fingerprint density at radius 2 is 0.796 bits per heavy atom. The Bertz CT molecular complexity index is 1160. The molecule has 0 aliphatic rings. The normalized spacial score (nSPS) is 13.9. The number of nitrogens with one attached hydrogen (secondary N) is 6. The molecule has 4 amide bonds. The van der Waals surface area contributed by atoms with Gasteiger partial charge in [-0.3, -0.25) is 24.0 Å². The van der Waals surface area contributed by atoms with Crippen LogP contribution in [-0.2, 0) is 43.2 Å². The van der Waals surface area contributed by atoms with Crippen LogP contribution in [0, 0.1) is 0 Å². The first-order valence-corrected chi connectivity index (χ1v) is 17.0. The van der Waals surface area contributed by atoms with Gasteiger partial charge in [0.25, 0.3) is 0 Å². The molecule has 0 radical (unpaired) electrons. The molecule has 0 heterocycles. The monoisotopic (exact) mass is 694 g/mol. The van der Waals surface area contributed by atoms with E-state index >= 15 is 0 Å². The molecule has 0 saturated carbocycles. The lowest BCUT2D eigenvalue weighted by Crippen LogP contribution is -2.54. The van der Waals surface area contributed by atoms with E-state index in [0.29, 0.717) is 19.3 Å². The van der Waals surface area contributed by atoms with E-state index in [9.17, 15) is 43.2 Å². The van der Waals surface area contributed by atoms with Crippen LogP contribution < -0.4 is 31.9 Å². The van der Waals surface area contributed by atoms with Crippen LogP contribution in [0.1, 0.15) is 112 Å². The summed E-state index contributed by atoms with van der Waals surface area (Å²) in [5.74, 6) is -2.53. The molecule has 0 saturated heterocycles. The zero-order chi connectivity index (χ0) is 37.5. The van der Waals surface area contributed by atoms with Gasteiger partial charge in [-0.1, -0.05) is 0 Å². The molecule has 0 aliphatic heterocycles. The molecule has 0 aromatic rings. The van der Waals surface area contributed by atoms with Crippen molar-refractivity contribution in [2.45, 2.75) is 142 Å². The minimum absolute atomic E-state index is 0.0403. The summed E-state index contributed by atoms with van der Waals surface area (Å²) in [5, 5.41) is 16.6. The van der Waals surface area contributed by atoms with Gasteiger partial charge >= 0.3 is 0 Å². The number of hydrogen-bond acceptors (Lipinski definition) is 11. The van der Waals surface area contributed by atoms with Crippen molar-refractivity contribution in [1.29, 1.82) is 0 Å². The summed E-state index contributed by atoms with van der Waals surface area (Å²) in [6.07, 6.45) is 2.59. The molecule has 5 unspecified atom stereocenters. The summed E-state index contributed by atoms with van der Waals surface area (Å²) in [6, 6.07) is -3.96. The Hall–Kier alpha value is -3.85. The van der Waals surface area contributed by atoms with E-state index in [1.54, 1.807) is 14.1 Å². The second-order valence-corrected chi connectivity index (χ2v) is 12.7. The standard InChI is InChI=1S/C34H58N6O9/c1-21(41)11-15-27(35-6)32(47)39-29(17-13-23(3)43)31(46)37-19-9-8-10-26(20-25(5)45)38-34(49)30(18-14-24(4)44)40-33(48)28(36-7)16-12-22(2)42/h26-30,35-36H,8-20H2,1-7H3,(H,37,46)(H,38,49)(H,39,47)(H,40,48). The van der Waals surface area contributed by atoms with Gasteiger partial charge in [0.15, 0.2) is 0 Å². The van der Waals surface area contributed by atoms with Gasteiger partial charge in [-0.15, -0.1) is 0 Å². The highest BCUT2D eigenvalue weighted by molar-refractivity contribution is 5.92. The van der Waals surface area contributed by atoms with Crippen molar-refractivity contribution >= 4 is 52.5 Å². The summed E-state index contributed by atoms with van der Waals surface area (Å²) in [5.41, 5.74) is 0. The molecule has 0 aliphatic carbocycles. The summed E-state index contributed by atoms with van der Waals surface area (Å²) >= 11 is 0. The van der Waals surface area contributed by atoms with Gasteiger partial charge in [0, 0.05) is 44.7 Å². The summed E-state index contributed by atoms with van der Waals surface area (Å²) in [4.78, 5) is 110. The van der Waals surface area contributed by atoms with Crippen molar-refractivity contribution < 1.29 is 43.2 Å².